The third-order valence-corrected chi connectivity index (χ3v) is 10.7. The fourth-order valence-corrected chi connectivity index (χ4v) is 7.69. The van der Waals surface area contributed by atoms with Gasteiger partial charge in [0, 0.05) is 35.3 Å². The number of aromatic hydroxyl groups is 1. The summed E-state index contributed by atoms with van der Waals surface area (Å²) in [5, 5.41) is 11.8. The van der Waals surface area contributed by atoms with Crippen LogP contribution in [0.2, 0.25) is 0 Å². The molecule has 60 heavy (non-hydrogen) atoms. The van der Waals surface area contributed by atoms with Crippen LogP contribution in [0, 0.1) is 19.8 Å². The smallest absolute Gasteiger partial charge is 0.149 e. The van der Waals surface area contributed by atoms with Gasteiger partial charge in [0.05, 0.1) is 31.9 Å². The number of hydrogen-bond donors (Lipinski definition) is 1. The molecule has 0 atom stereocenters. The number of phenolic OH excluding ortho intramolecular Hbond substituents is 1. The van der Waals surface area contributed by atoms with Crippen molar-refractivity contribution < 1.29 is 27.0 Å². The van der Waals surface area contributed by atoms with Crippen LogP contribution >= 0.6 is 0 Å². The number of fused-ring (bicyclic) bond motifs is 1. The molecule has 0 saturated carbocycles. The minimum Gasteiger partial charge on any atom is -0.507 e. The third kappa shape index (κ3) is 8.04. The summed E-state index contributed by atoms with van der Waals surface area (Å²) in [6.45, 7) is 2.32. The minimum absolute atomic E-state index is 0.0699. The van der Waals surface area contributed by atoms with E-state index in [1.807, 2.05) is 99.8 Å². The maximum Gasteiger partial charge on any atom is 0.149 e. The van der Waals surface area contributed by atoms with Crippen LogP contribution in [0.4, 0.5) is 0 Å². The molecule has 2 heterocycles. The van der Waals surface area contributed by atoms with E-state index in [0.29, 0.717) is 45.0 Å². The van der Waals surface area contributed by atoms with Gasteiger partial charge in [-0.05, 0) is 141 Å². The number of aromatic nitrogens is 3. The van der Waals surface area contributed by atoms with Crippen LogP contribution < -0.4 is 0 Å². The van der Waals surface area contributed by atoms with Gasteiger partial charge in [-0.15, -0.1) is 0 Å². The molecular formula is C56H57N3O. The maximum atomic E-state index is 11.8. The zero-order valence-corrected chi connectivity index (χ0v) is 34.8. The zero-order valence-electron chi connectivity index (χ0n) is 50.8. The number of rotatable bonds is 8. The Morgan fingerprint density at radius 2 is 1.43 bits per heavy atom. The van der Waals surface area contributed by atoms with Crippen LogP contribution in [0.15, 0.2) is 139 Å². The number of benzene rings is 6. The first-order valence-corrected chi connectivity index (χ1v) is 20.0. The Kier molecular flexibility index (Phi) is 6.65. The Morgan fingerprint density at radius 3 is 2.15 bits per heavy atom. The van der Waals surface area contributed by atoms with E-state index >= 15 is 0 Å². The summed E-state index contributed by atoms with van der Waals surface area (Å²) in [6.07, 6.45) is 0.0599. The lowest BCUT2D eigenvalue weighted by molar-refractivity contribution is 0.472. The molecule has 8 rings (SSSR count). The van der Waals surface area contributed by atoms with Crippen LogP contribution in [-0.2, 0) is 17.3 Å². The number of nitrogens with zero attached hydrogens (tertiary/aromatic N) is 3. The number of para-hydroxylation sites is 1. The molecular weight excluding hydrogens is 731 g/mol. The van der Waals surface area contributed by atoms with E-state index in [4.69, 9.17) is 25.5 Å². The average Bonchev–Trinajstić information content (AvgIpc) is 3.71. The van der Waals surface area contributed by atoms with Crippen molar-refractivity contribution in [3.05, 3.63) is 167 Å². The van der Waals surface area contributed by atoms with Gasteiger partial charge < -0.3 is 5.11 Å². The van der Waals surface area contributed by atoms with E-state index in [1.54, 1.807) is 12.1 Å². The summed E-state index contributed by atoms with van der Waals surface area (Å²) in [5.74, 6) is 0.871. The molecule has 302 valence electrons. The normalized spacial score (nSPS) is 16.6. The van der Waals surface area contributed by atoms with Crippen molar-refractivity contribution in [2.45, 2.75) is 86.3 Å². The standard InChI is InChI=1S/C56H57N3O/c1-35(2)27-41-33-46(23-24-47(41)39-15-12-11-13-16-39)59-51-18-14-17-48(52(51)58-54(59)49-29-36(3)28-37(4)53(49)60)42-30-43(32-45(31-42)56(8,9)10)50-34-40(25-26-57-50)38-19-21-44(22-20-38)55(5,6)7/h11-26,28-35,60H,27H2,1-10H3/i5D3,6D3,7D3,19D,20D,21D,22D,25D,26D,34D. The highest BCUT2D eigenvalue weighted by molar-refractivity contribution is 5.97. The van der Waals surface area contributed by atoms with E-state index in [-0.39, 0.29) is 17.0 Å². The number of imidazole rings is 1. The molecule has 0 amide bonds. The van der Waals surface area contributed by atoms with Crippen LogP contribution in [0.25, 0.3) is 72.7 Å². The molecule has 0 aliphatic heterocycles. The van der Waals surface area contributed by atoms with E-state index in [1.165, 1.54) is 0 Å². The van der Waals surface area contributed by atoms with Crippen molar-refractivity contribution in [3.63, 3.8) is 0 Å². The largest absolute Gasteiger partial charge is 0.507 e. The van der Waals surface area contributed by atoms with Crippen LogP contribution in [-0.4, -0.2) is 19.6 Å². The second-order valence-electron chi connectivity index (χ2n) is 17.0. The first-order chi connectivity index (χ1) is 35.2. The predicted molar refractivity (Wildman–Crippen MR) is 253 cm³/mol. The maximum absolute atomic E-state index is 11.8. The molecule has 4 heteroatoms. The summed E-state index contributed by atoms with van der Waals surface area (Å²) in [6, 6.07) is 25.3. The van der Waals surface area contributed by atoms with Crippen molar-refractivity contribution in [2.24, 2.45) is 5.92 Å². The topological polar surface area (TPSA) is 50.9 Å². The molecule has 0 aliphatic rings. The molecule has 0 radical (unpaired) electrons. The summed E-state index contributed by atoms with van der Waals surface area (Å²) < 4.78 is 140. The fraction of sp³-hybridized carbons (Fsp3) is 0.250. The Bertz CT molecular complexity index is 3540. The number of phenols is 1. The van der Waals surface area contributed by atoms with Gasteiger partial charge in [-0.1, -0.05) is 140 Å². The van der Waals surface area contributed by atoms with Crippen molar-refractivity contribution >= 4 is 11.0 Å². The highest BCUT2D eigenvalue weighted by Crippen LogP contribution is 2.42. The van der Waals surface area contributed by atoms with E-state index in [2.05, 4.69) is 43.1 Å². The summed E-state index contributed by atoms with van der Waals surface area (Å²) in [5.41, 5.74) is 2.32. The number of pyridine rings is 1. The van der Waals surface area contributed by atoms with Gasteiger partial charge in [0.2, 0.25) is 0 Å². The summed E-state index contributed by atoms with van der Waals surface area (Å²) in [4.78, 5) is 9.75. The second kappa shape index (κ2) is 15.7. The molecule has 0 unspecified atom stereocenters. The Balaban J connectivity index is 1.40. The van der Waals surface area contributed by atoms with Gasteiger partial charge >= 0.3 is 0 Å². The van der Waals surface area contributed by atoms with Gasteiger partial charge in [0.25, 0.3) is 0 Å². The Labute approximate surface area is 379 Å². The molecule has 1 N–H and O–H groups in total. The summed E-state index contributed by atoms with van der Waals surface area (Å²) in [7, 11) is 0. The van der Waals surface area contributed by atoms with E-state index in [0.717, 1.165) is 39.9 Å². The molecule has 4 nitrogen and oxygen atoms in total. The van der Waals surface area contributed by atoms with E-state index in [9.17, 15) is 6.48 Å². The summed E-state index contributed by atoms with van der Waals surface area (Å²) >= 11 is 0. The van der Waals surface area contributed by atoms with Crippen LogP contribution in [0.5, 0.6) is 5.75 Å². The quantitative estimate of drug-likeness (QED) is 0.166. The molecule has 0 aliphatic carbocycles. The highest BCUT2D eigenvalue weighted by Gasteiger charge is 2.24. The number of aryl methyl sites for hydroxylation is 2. The van der Waals surface area contributed by atoms with Crippen molar-refractivity contribution in [1.82, 2.24) is 14.5 Å². The second-order valence-corrected chi connectivity index (χ2v) is 17.0. The Morgan fingerprint density at radius 1 is 0.683 bits per heavy atom. The first-order valence-electron chi connectivity index (χ1n) is 28.0. The van der Waals surface area contributed by atoms with Crippen LogP contribution in [0.3, 0.4) is 0 Å². The fourth-order valence-electron chi connectivity index (χ4n) is 7.69. The SMILES string of the molecule is [2H]c1nc(-c2cc(-c3cccc4c3nc(-c3cc(C)cc(C)c3O)n4-c3ccc(-c4ccccc4)c(CC(C)C)c3)cc(C(C)(C)C)c2)c([2H])c(-c2c([2H])c([2H])c(C(C([2H])([2H])[2H])(C([2H])([2H])[2H])C([2H])([2H])[2H])c([2H])c2[2H])c1[2H]. The lowest BCUT2D eigenvalue weighted by Gasteiger charge is -2.22. The molecule has 0 saturated heterocycles. The van der Waals surface area contributed by atoms with Gasteiger partial charge in [-0.3, -0.25) is 9.55 Å². The van der Waals surface area contributed by atoms with Gasteiger partial charge in [0.15, 0.2) is 0 Å². The lowest BCUT2D eigenvalue weighted by atomic mass is 9.83. The third-order valence-electron chi connectivity index (χ3n) is 10.7. The van der Waals surface area contributed by atoms with Gasteiger partial charge in [-0.25, -0.2) is 4.98 Å². The molecule has 2 aromatic heterocycles. The average molecular weight is 804 g/mol. The zero-order chi connectivity index (χ0) is 56.1. The van der Waals surface area contributed by atoms with Crippen LogP contribution in [0.1, 0.15) is 105 Å². The van der Waals surface area contributed by atoms with Crippen molar-refractivity contribution in [3.8, 4) is 67.5 Å². The predicted octanol–water partition coefficient (Wildman–Crippen LogP) is 14.9. The molecule has 6 aromatic carbocycles. The van der Waals surface area contributed by atoms with Crippen molar-refractivity contribution in [2.75, 3.05) is 0 Å². The number of hydrogen-bond acceptors (Lipinski definition) is 3. The highest BCUT2D eigenvalue weighted by atomic mass is 16.3. The minimum atomic E-state index is -3.92. The molecule has 0 spiro atoms. The van der Waals surface area contributed by atoms with Gasteiger partial charge in [-0.2, -0.15) is 0 Å². The van der Waals surface area contributed by atoms with E-state index < -0.39 is 90.5 Å². The molecule has 8 aromatic rings. The lowest BCUT2D eigenvalue weighted by Crippen LogP contribution is -2.11. The molecule has 0 fully saturated rings. The first kappa shape index (κ1) is 25.4. The monoisotopic (exact) mass is 804 g/mol. The van der Waals surface area contributed by atoms with Gasteiger partial charge in [0.1, 0.15) is 11.6 Å². The molecule has 0 bridgehead atoms. The Hall–Kier alpha value is -6.26. The van der Waals surface area contributed by atoms with Crippen molar-refractivity contribution in [1.29, 1.82) is 0 Å².